The molecule has 1 N–H and O–H groups in total. The summed E-state index contributed by atoms with van der Waals surface area (Å²) in [7, 11) is 0. The molecule has 0 spiro atoms. The van der Waals surface area contributed by atoms with Gasteiger partial charge in [-0.1, -0.05) is 46.3 Å². The molecule has 5 nitrogen and oxygen atoms in total. The first-order chi connectivity index (χ1) is 13.1. The lowest BCUT2D eigenvalue weighted by atomic mass is 10.2. The smallest absolute Gasteiger partial charge is 0.256 e. The van der Waals surface area contributed by atoms with Crippen LogP contribution in [-0.4, -0.2) is 20.7 Å². The molecule has 0 radical (unpaired) electrons. The van der Waals surface area contributed by atoms with Crippen LogP contribution in [0.4, 0.5) is 5.82 Å². The maximum atomic E-state index is 12.6. The first-order valence-corrected chi connectivity index (χ1v) is 9.92. The van der Waals surface area contributed by atoms with E-state index >= 15 is 0 Å². The Kier molecular flexibility index (Phi) is 4.87. The monoisotopic (exact) mass is 438 g/mol. The number of rotatable bonds is 4. The van der Waals surface area contributed by atoms with Gasteiger partial charge in [-0.05, 0) is 31.2 Å². The minimum absolute atomic E-state index is 0.191. The third kappa shape index (κ3) is 3.84. The number of nitrogens with zero attached hydrogens (tertiary/aromatic N) is 3. The summed E-state index contributed by atoms with van der Waals surface area (Å²) in [5, 5.41) is 10.1. The predicted molar refractivity (Wildman–Crippen MR) is 112 cm³/mol. The van der Waals surface area contributed by atoms with Crippen molar-refractivity contribution in [1.29, 1.82) is 0 Å². The molecule has 0 unspecified atom stereocenters. The highest BCUT2D eigenvalue weighted by atomic mass is 79.9. The molecular weight excluding hydrogens is 424 g/mol. The highest BCUT2D eigenvalue weighted by molar-refractivity contribution is 9.10. The van der Waals surface area contributed by atoms with Crippen LogP contribution in [0.2, 0.25) is 0 Å². The van der Waals surface area contributed by atoms with Gasteiger partial charge < -0.3 is 5.32 Å². The minimum Gasteiger partial charge on any atom is -0.306 e. The Hall–Kier alpha value is -2.77. The quantitative estimate of drug-likeness (QED) is 0.468. The number of hydrogen-bond acceptors (Lipinski definition) is 4. The molecule has 4 aromatic rings. The Morgan fingerprint density at radius 2 is 1.85 bits per heavy atom. The van der Waals surface area contributed by atoms with Crippen molar-refractivity contribution >= 4 is 39.0 Å². The van der Waals surface area contributed by atoms with Crippen LogP contribution in [0.1, 0.15) is 16.1 Å². The molecule has 0 aliphatic rings. The van der Waals surface area contributed by atoms with Gasteiger partial charge in [0.1, 0.15) is 5.82 Å². The molecule has 0 aliphatic carbocycles. The van der Waals surface area contributed by atoms with Gasteiger partial charge in [0.25, 0.3) is 5.91 Å². The number of hydrogen-bond donors (Lipinski definition) is 1. The molecule has 0 bridgehead atoms. The molecule has 2 aromatic carbocycles. The van der Waals surface area contributed by atoms with Crippen LogP contribution < -0.4 is 5.32 Å². The molecule has 0 atom stereocenters. The summed E-state index contributed by atoms with van der Waals surface area (Å²) >= 11 is 4.86. The summed E-state index contributed by atoms with van der Waals surface area (Å²) < 4.78 is 2.60. The number of benzene rings is 2. The highest BCUT2D eigenvalue weighted by Gasteiger charge is 2.15. The zero-order valence-corrected chi connectivity index (χ0v) is 16.8. The summed E-state index contributed by atoms with van der Waals surface area (Å²) in [6.07, 6.45) is 0. The van der Waals surface area contributed by atoms with E-state index < -0.39 is 0 Å². The Morgan fingerprint density at radius 3 is 2.59 bits per heavy atom. The molecule has 134 valence electrons. The third-order valence-electron chi connectivity index (χ3n) is 3.92. The van der Waals surface area contributed by atoms with Crippen LogP contribution >= 0.6 is 27.3 Å². The summed E-state index contributed by atoms with van der Waals surface area (Å²) in [4.78, 5) is 17.2. The number of aryl methyl sites for hydroxylation is 1. The zero-order chi connectivity index (χ0) is 18.8. The van der Waals surface area contributed by atoms with Crippen LogP contribution in [0.5, 0.6) is 0 Å². The van der Waals surface area contributed by atoms with E-state index in [1.165, 1.54) is 11.3 Å². The molecule has 0 aliphatic heterocycles. The number of halogens is 1. The maximum Gasteiger partial charge on any atom is 0.256 e. The molecule has 2 heterocycles. The highest BCUT2D eigenvalue weighted by Crippen LogP contribution is 2.26. The van der Waals surface area contributed by atoms with Crippen molar-refractivity contribution in [3.63, 3.8) is 0 Å². The molecule has 0 saturated heterocycles. The van der Waals surface area contributed by atoms with E-state index in [1.54, 1.807) is 16.8 Å². The fourth-order valence-electron chi connectivity index (χ4n) is 2.63. The summed E-state index contributed by atoms with van der Waals surface area (Å²) in [6, 6.07) is 19.0. The van der Waals surface area contributed by atoms with E-state index in [2.05, 4.69) is 31.3 Å². The fourth-order valence-corrected chi connectivity index (χ4v) is 3.69. The molecule has 4 rings (SSSR count). The Bertz CT molecular complexity index is 1090. The number of anilines is 1. The van der Waals surface area contributed by atoms with E-state index in [-0.39, 0.29) is 5.91 Å². The second-order valence-electron chi connectivity index (χ2n) is 5.93. The lowest BCUT2D eigenvalue weighted by Gasteiger charge is -2.06. The summed E-state index contributed by atoms with van der Waals surface area (Å²) in [6.45, 7) is 1.89. The van der Waals surface area contributed by atoms with Crippen molar-refractivity contribution in [2.75, 3.05) is 5.32 Å². The van der Waals surface area contributed by atoms with Crippen molar-refractivity contribution in [3.05, 3.63) is 81.8 Å². The van der Waals surface area contributed by atoms with E-state index in [0.29, 0.717) is 16.5 Å². The number of amides is 1. The van der Waals surface area contributed by atoms with E-state index in [4.69, 9.17) is 0 Å². The number of carbonyl (C=O) groups is 1. The maximum absolute atomic E-state index is 12.6. The van der Waals surface area contributed by atoms with Crippen molar-refractivity contribution < 1.29 is 4.79 Å². The summed E-state index contributed by atoms with van der Waals surface area (Å²) in [5.74, 6) is 0.401. The minimum atomic E-state index is -0.191. The molecule has 2 aromatic heterocycles. The van der Waals surface area contributed by atoms with Gasteiger partial charge in [-0.25, -0.2) is 4.98 Å². The Balaban J connectivity index is 1.63. The molecular formula is C20H15BrN4OS. The predicted octanol–water partition coefficient (Wildman–Crippen LogP) is 5.32. The molecule has 27 heavy (non-hydrogen) atoms. The van der Waals surface area contributed by atoms with Crippen molar-refractivity contribution in [2.24, 2.45) is 0 Å². The van der Waals surface area contributed by atoms with E-state index in [1.807, 2.05) is 60.8 Å². The largest absolute Gasteiger partial charge is 0.306 e. The van der Waals surface area contributed by atoms with Crippen LogP contribution in [-0.2, 0) is 0 Å². The van der Waals surface area contributed by atoms with Crippen molar-refractivity contribution in [1.82, 2.24) is 14.8 Å². The van der Waals surface area contributed by atoms with Gasteiger partial charge in [0.05, 0.1) is 11.4 Å². The number of carbonyl (C=O) groups excluding carboxylic acids is 1. The molecule has 1 amide bonds. The van der Waals surface area contributed by atoms with Crippen molar-refractivity contribution in [2.45, 2.75) is 6.92 Å². The van der Waals surface area contributed by atoms with Crippen LogP contribution in [0.25, 0.3) is 16.4 Å². The fraction of sp³-hybridized carbons (Fsp3) is 0.0500. The zero-order valence-electron chi connectivity index (χ0n) is 14.4. The third-order valence-corrected chi connectivity index (χ3v) is 5.27. The standard InChI is InChI=1S/C20H15BrN4OS/c1-13-11-18(23-19(26)15-7-9-16(21)10-8-15)25(24-13)20-22-17(12-27-20)14-5-3-2-4-6-14/h2-12H,1H3,(H,23,26). The first kappa shape index (κ1) is 17.6. The average molecular weight is 439 g/mol. The normalized spacial score (nSPS) is 10.7. The molecule has 0 fully saturated rings. The van der Waals surface area contributed by atoms with Gasteiger partial charge in [0.2, 0.25) is 5.13 Å². The average Bonchev–Trinajstić information content (AvgIpc) is 3.29. The SMILES string of the molecule is Cc1cc(NC(=O)c2ccc(Br)cc2)n(-c2nc(-c3ccccc3)cs2)n1. The van der Waals surface area contributed by atoms with Gasteiger partial charge in [0.15, 0.2) is 0 Å². The van der Waals surface area contributed by atoms with Crippen LogP contribution in [0.3, 0.4) is 0 Å². The molecule has 7 heteroatoms. The Labute approximate surface area is 168 Å². The van der Waals surface area contributed by atoms with Gasteiger partial charge in [-0.15, -0.1) is 11.3 Å². The second-order valence-corrected chi connectivity index (χ2v) is 7.68. The van der Waals surface area contributed by atoms with Crippen LogP contribution in [0, 0.1) is 6.92 Å². The summed E-state index contributed by atoms with van der Waals surface area (Å²) in [5.41, 5.74) is 3.31. The number of aromatic nitrogens is 3. The van der Waals surface area contributed by atoms with Crippen LogP contribution in [0.15, 0.2) is 70.5 Å². The topological polar surface area (TPSA) is 59.8 Å². The number of thiazole rings is 1. The van der Waals surface area contributed by atoms with Gasteiger partial charge in [-0.2, -0.15) is 9.78 Å². The first-order valence-electron chi connectivity index (χ1n) is 8.25. The lowest BCUT2D eigenvalue weighted by Crippen LogP contribution is -2.15. The van der Waals surface area contributed by atoms with Gasteiger partial charge in [-0.3, -0.25) is 4.79 Å². The van der Waals surface area contributed by atoms with E-state index in [0.717, 1.165) is 21.4 Å². The van der Waals surface area contributed by atoms with Gasteiger partial charge >= 0.3 is 0 Å². The second kappa shape index (κ2) is 7.46. The van der Waals surface area contributed by atoms with Gasteiger partial charge in [0, 0.05) is 27.0 Å². The molecule has 0 saturated carbocycles. The van der Waals surface area contributed by atoms with Crippen molar-refractivity contribution in [3.8, 4) is 16.4 Å². The lowest BCUT2D eigenvalue weighted by molar-refractivity contribution is 0.102. The number of nitrogens with one attached hydrogen (secondary N) is 1. The van der Waals surface area contributed by atoms with E-state index in [9.17, 15) is 4.79 Å². The Morgan fingerprint density at radius 1 is 1.11 bits per heavy atom.